The van der Waals surface area contributed by atoms with Crippen molar-refractivity contribution < 1.29 is 162 Å². The molecule has 0 bridgehead atoms. The second-order valence-corrected chi connectivity index (χ2v) is 16.4. The maximum absolute atomic E-state index is 11.2. The van der Waals surface area contributed by atoms with Crippen LogP contribution >= 0.6 is 0 Å². The van der Waals surface area contributed by atoms with Crippen LogP contribution in [0.2, 0.25) is 0 Å². The van der Waals surface area contributed by atoms with Crippen LogP contribution in [0.3, 0.4) is 0 Å². The SMILES string of the molecule is CC(NC(=O)CCCCCO[N+](=O)[O-])C(=O)O.O=C(O)CNC(=O)CCCCC(CO[N+](=O)[O-])O[N+](=O)[O-].O=C(O)CNC(=O)OCCCCC(CO[N+](=O)[O-])O[N+](=O)[O-].O=C(O)CNC(=O)OCCCCO[N+](=O)[O-].O=C(O)CNC(=O)OCCOCCO[N+](=O)[O-]. The molecule has 0 heterocycles. The molecule has 0 spiro atoms. The topological polar surface area (TPSA) is 736 Å². The summed E-state index contributed by atoms with van der Waals surface area (Å²) in [5, 5.41) is 115. The van der Waals surface area contributed by atoms with Crippen LogP contribution < -0.4 is 26.6 Å². The number of carbonyl (C=O) groups is 10. The molecule has 52 nitrogen and oxygen atoms in total. The second kappa shape index (κ2) is 60.7. The lowest BCUT2D eigenvalue weighted by atomic mass is 10.1. The summed E-state index contributed by atoms with van der Waals surface area (Å²) in [7, 11) is 0. The zero-order valence-electron chi connectivity index (χ0n) is 49.0. The highest BCUT2D eigenvalue weighted by atomic mass is 17.0. The lowest BCUT2D eigenvalue weighted by Gasteiger charge is -2.13. The molecule has 0 aliphatic carbocycles. The number of rotatable bonds is 50. The summed E-state index contributed by atoms with van der Waals surface area (Å²) in [6.45, 7) is -2.23. The minimum Gasteiger partial charge on any atom is -0.480 e. The van der Waals surface area contributed by atoms with Crippen LogP contribution in [0.1, 0.15) is 90.4 Å². The fraction of sp³-hybridized carbons (Fsp3) is 0.756. The van der Waals surface area contributed by atoms with E-state index in [1.807, 2.05) is 16.0 Å². The standard InChI is InChI=1S/C9H15N3O10.C9H15N3O9.C9H16N2O6.C7H12N2O8.C7H12N2O7/c13-8(14)5-10-9(15)20-4-2-1-3-7(22-12(18)19)6-21-11(16)17;13-8(10-5-9(14)15)4-2-1-3-7(21-12(18)19)6-20-11(16)17;1-7(9(13)14)10-8(12)5-3-2-4-6-17-11(15)16;10-6(11)5-8-7(12)16-3-1-15-2-4-17-9(13)14;10-6(11)5-8-7(12)15-3-1-2-4-16-9(13)14/h7H,1-6H2,(H,10,15)(H,13,14);7H,1-6H2,(H,10,13)(H,14,15);7H,2-6H2,1H3,(H,10,12)(H,13,14);1-5H2,(H,8,12)(H,10,11);1-5H2,(H,8,12)(H,10,11). The number of carbonyl (C=O) groups excluding carboxylic acids is 5. The predicted octanol–water partition coefficient (Wildman–Crippen LogP) is -1.56. The number of alkyl carbamates (subject to hydrolysis) is 3. The van der Waals surface area contributed by atoms with Gasteiger partial charge in [-0.1, -0.05) is 12.8 Å². The van der Waals surface area contributed by atoms with E-state index in [2.05, 4.69) is 58.7 Å². The molecule has 0 radical (unpaired) electrons. The Labute approximate surface area is 519 Å². The molecule has 52 heteroatoms. The first-order valence-electron chi connectivity index (χ1n) is 26.0. The van der Waals surface area contributed by atoms with Gasteiger partial charge < -0.3 is 105 Å². The van der Waals surface area contributed by atoms with Crippen LogP contribution in [0.25, 0.3) is 0 Å². The van der Waals surface area contributed by atoms with Crippen molar-refractivity contribution in [2.24, 2.45) is 0 Å². The van der Waals surface area contributed by atoms with Gasteiger partial charge in [-0.3, -0.25) is 33.6 Å². The molecule has 3 unspecified atom stereocenters. The molecular formula is C41H70N12O40. The van der Waals surface area contributed by atoms with E-state index >= 15 is 0 Å². The van der Waals surface area contributed by atoms with Gasteiger partial charge in [0, 0.05) is 12.8 Å². The van der Waals surface area contributed by atoms with E-state index in [0.717, 1.165) is 0 Å². The van der Waals surface area contributed by atoms with Gasteiger partial charge in [0.15, 0.2) is 0 Å². The maximum atomic E-state index is 11.2. The highest BCUT2D eigenvalue weighted by molar-refractivity contribution is 5.83. The Bertz CT molecular complexity index is 2300. The van der Waals surface area contributed by atoms with E-state index in [4.69, 9.17) is 30.3 Å². The van der Waals surface area contributed by atoms with Crippen LogP contribution in [0.5, 0.6) is 0 Å². The van der Waals surface area contributed by atoms with Gasteiger partial charge in [0.1, 0.15) is 70.9 Å². The lowest BCUT2D eigenvalue weighted by molar-refractivity contribution is -0.790. The second-order valence-electron chi connectivity index (χ2n) is 16.4. The van der Waals surface area contributed by atoms with Gasteiger partial charge in [-0.15, -0.1) is 70.8 Å². The summed E-state index contributed by atoms with van der Waals surface area (Å²) in [6.07, 6.45) is -0.766. The van der Waals surface area contributed by atoms with E-state index in [1.165, 1.54) is 6.92 Å². The van der Waals surface area contributed by atoms with Crippen LogP contribution in [-0.4, -0.2) is 232 Å². The number of hydrogen-bond acceptors (Lipinski definition) is 35. The first kappa shape index (κ1) is 90.2. The number of aliphatic carboxylic acids is 5. The van der Waals surface area contributed by atoms with Crippen molar-refractivity contribution in [1.29, 1.82) is 0 Å². The predicted molar refractivity (Wildman–Crippen MR) is 286 cm³/mol. The Balaban J connectivity index is -0.000000349. The van der Waals surface area contributed by atoms with Gasteiger partial charge in [0.25, 0.3) is 35.6 Å². The Morgan fingerprint density at radius 1 is 0.366 bits per heavy atom. The summed E-state index contributed by atoms with van der Waals surface area (Å²) >= 11 is 0. The molecule has 0 rings (SSSR count). The summed E-state index contributed by atoms with van der Waals surface area (Å²) in [5.74, 6) is -6.63. The minimum atomic E-state index is -1.22. The number of carboxylic acids is 5. The molecule has 0 aliphatic rings. The number of unbranched alkanes of at least 4 members (excludes halogenated alkanes) is 5. The minimum absolute atomic E-state index is 0.0128. The van der Waals surface area contributed by atoms with Crippen molar-refractivity contribution >= 4 is 59.9 Å². The zero-order valence-corrected chi connectivity index (χ0v) is 49.0. The van der Waals surface area contributed by atoms with Crippen molar-refractivity contribution in [3.63, 3.8) is 0 Å². The summed E-state index contributed by atoms with van der Waals surface area (Å²) in [5.41, 5.74) is 0. The van der Waals surface area contributed by atoms with Gasteiger partial charge in [-0.25, -0.2) is 14.4 Å². The third-order valence-corrected chi connectivity index (χ3v) is 8.97. The van der Waals surface area contributed by atoms with E-state index in [-0.39, 0.29) is 84.4 Å². The maximum Gasteiger partial charge on any atom is 0.407 e. The summed E-state index contributed by atoms with van der Waals surface area (Å²) in [6, 6.07) is -0.902. The molecular weight excluding hydrogens is 1300 g/mol. The van der Waals surface area contributed by atoms with Crippen LogP contribution in [-0.2, 0) is 86.4 Å². The lowest BCUT2D eigenvalue weighted by Crippen LogP contribution is -2.38. The molecule has 0 aromatic rings. The molecule has 0 aromatic heterocycles. The van der Waals surface area contributed by atoms with E-state index in [9.17, 15) is 119 Å². The van der Waals surface area contributed by atoms with E-state index in [0.29, 0.717) is 57.8 Å². The number of ether oxygens (including phenoxy) is 4. The molecule has 5 amide bonds. The fourth-order valence-electron chi connectivity index (χ4n) is 5.07. The van der Waals surface area contributed by atoms with Crippen molar-refractivity contribution in [2.45, 2.75) is 109 Å². The summed E-state index contributed by atoms with van der Waals surface area (Å²) < 4.78 is 18.5. The number of nitrogens with zero attached hydrogens (tertiary/aromatic N) is 7. The number of amides is 5. The molecule has 10 N–H and O–H groups in total. The molecule has 0 aliphatic heterocycles. The van der Waals surface area contributed by atoms with Gasteiger partial charge in [0.05, 0.1) is 39.6 Å². The van der Waals surface area contributed by atoms with Crippen molar-refractivity contribution in [3.05, 3.63) is 70.8 Å². The first-order valence-corrected chi connectivity index (χ1v) is 26.0. The molecule has 0 saturated heterocycles. The van der Waals surface area contributed by atoms with Crippen molar-refractivity contribution in [3.8, 4) is 0 Å². The van der Waals surface area contributed by atoms with E-state index < -0.39 is 147 Å². The largest absolute Gasteiger partial charge is 0.480 e. The highest BCUT2D eigenvalue weighted by Gasteiger charge is 2.18. The monoisotopic (exact) mass is 1370 g/mol. The Kier molecular flexibility index (Phi) is 58.9. The van der Waals surface area contributed by atoms with Crippen LogP contribution in [0.4, 0.5) is 14.4 Å². The van der Waals surface area contributed by atoms with Gasteiger partial charge in [0.2, 0.25) is 11.8 Å². The average Bonchev–Trinajstić information content (AvgIpc) is 3.12. The normalized spacial score (nSPS) is 10.6. The third kappa shape index (κ3) is 82.6. The Hall–Kier alpha value is -11.5. The van der Waals surface area contributed by atoms with Gasteiger partial charge in [-0.2, -0.15) is 0 Å². The Morgan fingerprint density at radius 3 is 1.08 bits per heavy atom. The molecule has 93 heavy (non-hydrogen) atoms. The zero-order chi connectivity index (χ0) is 72.0. The van der Waals surface area contributed by atoms with Gasteiger partial charge in [-0.05, 0) is 64.7 Å². The highest BCUT2D eigenvalue weighted by Crippen LogP contribution is 2.09. The van der Waals surface area contributed by atoms with Crippen LogP contribution in [0, 0.1) is 70.8 Å². The third-order valence-electron chi connectivity index (χ3n) is 8.97. The van der Waals surface area contributed by atoms with E-state index in [1.54, 1.807) is 0 Å². The number of nitrogens with one attached hydrogen (secondary N) is 5. The number of carboxylic acid groups (broad SMARTS) is 5. The number of hydrogen-bond donors (Lipinski definition) is 10. The molecule has 3 atom stereocenters. The molecule has 0 fully saturated rings. The Morgan fingerprint density at radius 2 is 0.688 bits per heavy atom. The first-order chi connectivity index (χ1) is 43.6. The smallest absolute Gasteiger partial charge is 0.407 e. The summed E-state index contributed by atoms with van der Waals surface area (Å²) in [4.78, 5) is 204. The van der Waals surface area contributed by atoms with Crippen molar-refractivity contribution in [1.82, 2.24) is 26.6 Å². The average molecular weight is 1370 g/mol. The molecule has 0 saturated carbocycles. The molecule has 0 aromatic carbocycles. The van der Waals surface area contributed by atoms with Gasteiger partial charge >= 0.3 is 48.1 Å². The quantitative estimate of drug-likeness (QED) is 0.0142. The van der Waals surface area contributed by atoms with Crippen molar-refractivity contribution in [2.75, 3.05) is 92.2 Å². The molecule has 534 valence electrons. The van der Waals surface area contributed by atoms with Crippen LogP contribution in [0.15, 0.2) is 0 Å². The fourth-order valence-corrected chi connectivity index (χ4v) is 5.07.